The quantitative estimate of drug-likeness (QED) is 0.876. The van der Waals surface area contributed by atoms with Gasteiger partial charge in [0.25, 0.3) is 0 Å². The van der Waals surface area contributed by atoms with Crippen LogP contribution in [0.1, 0.15) is 31.2 Å². The van der Waals surface area contributed by atoms with E-state index < -0.39 is 21.4 Å². The molecule has 108 valence electrons. The first kappa shape index (κ1) is 14.9. The largest absolute Gasteiger partial charge is 0.394 e. The van der Waals surface area contributed by atoms with E-state index in [9.17, 15) is 17.9 Å². The summed E-state index contributed by atoms with van der Waals surface area (Å²) >= 11 is 0. The molecule has 2 N–H and O–H groups in total. The Morgan fingerprint density at radius 2 is 2.05 bits per heavy atom. The first-order valence-corrected chi connectivity index (χ1v) is 7.75. The molecule has 0 saturated heterocycles. The molecule has 1 saturated carbocycles. The summed E-state index contributed by atoms with van der Waals surface area (Å²) in [5.74, 6) is -0.760. The third kappa shape index (κ3) is 2.82. The monoisotopic (exact) mass is 298 g/mol. The number of benzene rings is 1. The van der Waals surface area contributed by atoms with Gasteiger partial charge in [0.1, 0.15) is 11.9 Å². The van der Waals surface area contributed by atoms with Gasteiger partial charge in [0.05, 0.1) is 22.6 Å². The number of nitrogens with one attached hydrogen (secondary N) is 1. The second kappa shape index (κ2) is 5.48. The molecule has 20 heavy (non-hydrogen) atoms. The molecule has 7 heteroatoms. The minimum absolute atomic E-state index is 0.171. The lowest BCUT2D eigenvalue weighted by Gasteiger charge is -2.27. The van der Waals surface area contributed by atoms with Gasteiger partial charge in [0.15, 0.2) is 0 Å². The van der Waals surface area contributed by atoms with Crippen molar-refractivity contribution >= 4 is 10.0 Å². The Morgan fingerprint density at radius 1 is 1.40 bits per heavy atom. The summed E-state index contributed by atoms with van der Waals surface area (Å²) in [5.41, 5.74) is -1.17. The standard InChI is InChI=1S/C13H15FN2O3S/c14-12-4-3-11(7-10(12)8-15)20(18,19)16-13(9-17)5-1-2-6-13/h3-4,7,16-17H,1-2,5-6,9H2. The smallest absolute Gasteiger partial charge is 0.241 e. The van der Waals surface area contributed by atoms with E-state index in [1.54, 1.807) is 6.07 Å². The van der Waals surface area contributed by atoms with Gasteiger partial charge in [-0.05, 0) is 31.0 Å². The van der Waals surface area contributed by atoms with E-state index in [0.29, 0.717) is 12.8 Å². The normalized spacial score (nSPS) is 17.9. The minimum atomic E-state index is -3.89. The van der Waals surface area contributed by atoms with Crippen LogP contribution in [0.2, 0.25) is 0 Å². The second-order valence-electron chi connectivity index (χ2n) is 5.00. The fraction of sp³-hybridized carbons (Fsp3) is 0.462. The zero-order valence-corrected chi connectivity index (χ0v) is 11.6. The van der Waals surface area contributed by atoms with Crippen LogP contribution in [0, 0.1) is 17.1 Å². The molecule has 0 aliphatic heterocycles. The van der Waals surface area contributed by atoms with Crippen molar-refractivity contribution in [2.75, 3.05) is 6.61 Å². The molecule has 0 spiro atoms. The molecule has 1 aromatic rings. The van der Waals surface area contributed by atoms with Crippen molar-refractivity contribution in [3.63, 3.8) is 0 Å². The summed E-state index contributed by atoms with van der Waals surface area (Å²) in [5, 5.41) is 18.2. The molecule has 2 rings (SSSR count). The van der Waals surface area contributed by atoms with Crippen molar-refractivity contribution < 1.29 is 17.9 Å². The lowest BCUT2D eigenvalue weighted by molar-refractivity contribution is 0.185. The van der Waals surface area contributed by atoms with E-state index in [1.165, 1.54) is 0 Å². The van der Waals surface area contributed by atoms with Crippen molar-refractivity contribution in [3.8, 4) is 6.07 Å². The third-order valence-corrected chi connectivity index (χ3v) is 5.16. The fourth-order valence-corrected chi connectivity index (χ4v) is 3.92. The highest BCUT2D eigenvalue weighted by Crippen LogP contribution is 2.31. The van der Waals surface area contributed by atoms with Crippen molar-refractivity contribution in [2.45, 2.75) is 36.1 Å². The molecule has 0 heterocycles. The van der Waals surface area contributed by atoms with Crippen molar-refractivity contribution in [3.05, 3.63) is 29.6 Å². The van der Waals surface area contributed by atoms with E-state index >= 15 is 0 Å². The summed E-state index contributed by atoms with van der Waals surface area (Å²) in [6.07, 6.45) is 2.82. The van der Waals surface area contributed by atoms with Crippen LogP contribution in [0.4, 0.5) is 4.39 Å². The van der Waals surface area contributed by atoms with Crippen LogP contribution in [0.25, 0.3) is 0 Å². The molecule has 0 unspecified atom stereocenters. The van der Waals surface area contributed by atoms with Gasteiger partial charge in [-0.15, -0.1) is 0 Å². The summed E-state index contributed by atoms with van der Waals surface area (Å²) in [7, 11) is -3.89. The first-order valence-electron chi connectivity index (χ1n) is 6.27. The van der Waals surface area contributed by atoms with Gasteiger partial charge in [-0.3, -0.25) is 0 Å². The van der Waals surface area contributed by atoms with E-state index in [1.807, 2.05) is 0 Å². The molecule has 1 fully saturated rings. The van der Waals surface area contributed by atoms with Gasteiger partial charge in [-0.25, -0.2) is 17.5 Å². The van der Waals surface area contributed by atoms with Crippen LogP contribution in [-0.2, 0) is 10.0 Å². The molecule has 5 nitrogen and oxygen atoms in total. The van der Waals surface area contributed by atoms with Gasteiger partial charge in [0.2, 0.25) is 10.0 Å². The van der Waals surface area contributed by atoms with Crippen LogP contribution >= 0.6 is 0 Å². The Bertz CT molecular complexity index is 646. The minimum Gasteiger partial charge on any atom is -0.394 e. The number of hydrogen-bond acceptors (Lipinski definition) is 4. The van der Waals surface area contributed by atoms with Gasteiger partial charge in [-0.1, -0.05) is 12.8 Å². The highest BCUT2D eigenvalue weighted by Gasteiger charge is 2.37. The molecular formula is C13H15FN2O3S. The van der Waals surface area contributed by atoms with Gasteiger partial charge >= 0.3 is 0 Å². The maximum absolute atomic E-state index is 13.2. The summed E-state index contributed by atoms with van der Waals surface area (Å²) < 4.78 is 40.3. The number of aliphatic hydroxyl groups is 1. The van der Waals surface area contributed by atoms with Crippen LogP contribution in [0.5, 0.6) is 0 Å². The molecule has 0 amide bonds. The predicted octanol–water partition coefficient (Wildman–Crippen LogP) is 1.28. The highest BCUT2D eigenvalue weighted by atomic mass is 32.2. The molecule has 0 bridgehead atoms. The maximum atomic E-state index is 13.2. The summed E-state index contributed by atoms with van der Waals surface area (Å²) in [6, 6.07) is 4.67. The second-order valence-corrected chi connectivity index (χ2v) is 6.69. The van der Waals surface area contributed by atoms with Crippen molar-refractivity contribution in [2.24, 2.45) is 0 Å². The zero-order chi connectivity index (χ0) is 14.8. The number of aliphatic hydroxyl groups excluding tert-OH is 1. The van der Waals surface area contributed by atoms with Crippen molar-refractivity contribution in [1.82, 2.24) is 4.72 Å². The Labute approximate surface area is 117 Å². The molecule has 0 aromatic heterocycles. The maximum Gasteiger partial charge on any atom is 0.241 e. The molecule has 1 aliphatic rings. The van der Waals surface area contributed by atoms with E-state index in [4.69, 9.17) is 5.26 Å². The SMILES string of the molecule is N#Cc1cc(S(=O)(=O)NC2(CO)CCCC2)ccc1F. The summed E-state index contributed by atoms with van der Waals surface area (Å²) in [6.45, 7) is -0.279. The van der Waals surface area contributed by atoms with E-state index in [2.05, 4.69) is 4.72 Å². The Hall–Kier alpha value is -1.49. The van der Waals surface area contributed by atoms with Gasteiger partial charge < -0.3 is 5.11 Å². The van der Waals surface area contributed by atoms with Gasteiger partial charge in [-0.2, -0.15) is 5.26 Å². The number of rotatable bonds is 4. The zero-order valence-electron chi connectivity index (χ0n) is 10.8. The number of nitrogens with zero attached hydrogens (tertiary/aromatic N) is 1. The summed E-state index contributed by atoms with van der Waals surface area (Å²) in [4.78, 5) is -0.171. The average Bonchev–Trinajstić information content (AvgIpc) is 2.87. The lowest BCUT2D eigenvalue weighted by Crippen LogP contribution is -2.49. The topological polar surface area (TPSA) is 90.2 Å². The predicted molar refractivity (Wildman–Crippen MR) is 69.7 cm³/mol. The lowest BCUT2D eigenvalue weighted by atomic mass is 10.0. The van der Waals surface area contributed by atoms with Gasteiger partial charge in [0, 0.05) is 0 Å². The van der Waals surface area contributed by atoms with Crippen LogP contribution in [-0.4, -0.2) is 25.7 Å². The molecule has 1 aromatic carbocycles. The third-order valence-electron chi connectivity index (χ3n) is 3.58. The Balaban J connectivity index is 2.33. The number of hydrogen-bond donors (Lipinski definition) is 2. The number of sulfonamides is 1. The first-order chi connectivity index (χ1) is 9.42. The Morgan fingerprint density at radius 3 is 2.60 bits per heavy atom. The number of halogens is 1. The van der Waals surface area contributed by atoms with E-state index in [-0.39, 0.29) is 17.1 Å². The average molecular weight is 298 g/mol. The van der Waals surface area contributed by atoms with Crippen molar-refractivity contribution in [1.29, 1.82) is 5.26 Å². The molecule has 1 aliphatic carbocycles. The molecular weight excluding hydrogens is 283 g/mol. The molecule has 0 atom stereocenters. The highest BCUT2D eigenvalue weighted by molar-refractivity contribution is 7.89. The molecule has 0 radical (unpaired) electrons. The fourth-order valence-electron chi connectivity index (χ4n) is 2.45. The Kier molecular flexibility index (Phi) is 4.09. The number of nitriles is 1. The van der Waals surface area contributed by atoms with Crippen LogP contribution in [0.3, 0.4) is 0 Å². The van der Waals surface area contributed by atoms with E-state index in [0.717, 1.165) is 31.0 Å². The van der Waals surface area contributed by atoms with Crippen LogP contribution < -0.4 is 4.72 Å². The van der Waals surface area contributed by atoms with Crippen LogP contribution in [0.15, 0.2) is 23.1 Å².